The Hall–Kier alpha value is 0.354. The van der Waals surface area contributed by atoms with Crippen LogP contribution in [0.4, 0.5) is 0 Å². The third kappa shape index (κ3) is 4.19. The Bertz CT molecular complexity index is 204. The van der Waals surface area contributed by atoms with Crippen LogP contribution in [-0.2, 0) is 8.85 Å². The van der Waals surface area contributed by atoms with Crippen molar-refractivity contribution in [3.63, 3.8) is 0 Å². The summed E-state index contributed by atoms with van der Waals surface area (Å²) in [6.45, 7) is 18.4. The second-order valence-corrected chi connectivity index (χ2v) is 16.2. The van der Waals surface area contributed by atoms with Gasteiger partial charge in [0.2, 0.25) is 8.32 Å². The van der Waals surface area contributed by atoms with Gasteiger partial charge in [0, 0.05) is 7.11 Å². The van der Waals surface area contributed by atoms with E-state index in [2.05, 4.69) is 54.6 Å². The van der Waals surface area contributed by atoms with Gasteiger partial charge in [-0.15, -0.1) is 0 Å². The molecule has 4 heteroatoms. The summed E-state index contributed by atoms with van der Waals surface area (Å²) in [4.78, 5) is 0. The number of hydrogen-bond donors (Lipinski definition) is 0. The highest BCUT2D eigenvalue weighted by Gasteiger charge is 2.46. The van der Waals surface area contributed by atoms with Gasteiger partial charge in [-0.3, -0.25) is 0 Å². The first-order chi connectivity index (χ1) is 7.60. The Morgan fingerprint density at radius 3 is 1.41 bits per heavy atom. The lowest BCUT2D eigenvalue weighted by atomic mass is 10.5. The van der Waals surface area contributed by atoms with Crippen LogP contribution < -0.4 is 0 Å². The van der Waals surface area contributed by atoms with Crippen LogP contribution in [0.15, 0.2) is 0 Å². The molecule has 0 heterocycles. The molecule has 0 aromatic heterocycles. The molecule has 0 aliphatic rings. The smallest absolute Gasteiger partial charge is 0.210 e. The fraction of sp³-hybridized carbons (Fsp3) is 1.00. The Morgan fingerprint density at radius 2 is 1.18 bits per heavy atom. The van der Waals surface area contributed by atoms with Crippen LogP contribution in [0, 0.1) is 0 Å². The highest BCUT2D eigenvalue weighted by Crippen LogP contribution is 2.42. The van der Waals surface area contributed by atoms with Crippen molar-refractivity contribution >= 4 is 16.6 Å². The predicted molar refractivity (Wildman–Crippen MR) is 81.5 cm³/mol. The zero-order valence-electron chi connectivity index (χ0n) is 13.3. The summed E-state index contributed by atoms with van der Waals surface area (Å²) in [6, 6.07) is 0. The minimum atomic E-state index is -1.70. The minimum Gasteiger partial charge on any atom is -0.418 e. The van der Waals surface area contributed by atoms with Crippen molar-refractivity contribution in [2.75, 3.05) is 13.3 Å². The van der Waals surface area contributed by atoms with Crippen molar-refractivity contribution in [2.45, 2.75) is 71.3 Å². The second-order valence-electron chi connectivity index (χ2n) is 6.57. The first kappa shape index (κ1) is 17.4. The zero-order chi connectivity index (χ0) is 13.9. The highest BCUT2D eigenvalue weighted by atomic mass is 28.4. The van der Waals surface area contributed by atoms with Crippen LogP contribution >= 0.6 is 0 Å². The molecule has 0 atom stereocenters. The molecule has 0 bridgehead atoms. The highest BCUT2D eigenvalue weighted by molar-refractivity contribution is 6.79. The standard InChI is InChI=1S/C13H32O2Si2/c1-11(2)17(12(3)4,13(5)6)15-10-16(8,9)14-7/h11-13H,10H2,1-9H3. The fourth-order valence-electron chi connectivity index (χ4n) is 2.86. The summed E-state index contributed by atoms with van der Waals surface area (Å²) in [7, 11) is -1.49. The SMILES string of the molecule is CO[Si](C)(C)CO[Si](C(C)C)(C(C)C)C(C)C. The number of hydrogen-bond acceptors (Lipinski definition) is 2. The van der Waals surface area contributed by atoms with E-state index in [4.69, 9.17) is 8.85 Å². The average molecular weight is 277 g/mol. The van der Waals surface area contributed by atoms with Crippen LogP contribution in [0.25, 0.3) is 0 Å². The summed E-state index contributed by atoms with van der Waals surface area (Å²) in [6.07, 6.45) is 0.838. The van der Waals surface area contributed by atoms with Gasteiger partial charge < -0.3 is 8.85 Å². The minimum absolute atomic E-state index is 0.657. The Labute approximate surface area is 110 Å². The lowest BCUT2D eigenvalue weighted by Crippen LogP contribution is -2.51. The number of rotatable bonds is 7. The lowest BCUT2D eigenvalue weighted by Gasteiger charge is -2.43. The summed E-state index contributed by atoms with van der Waals surface area (Å²) in [5.41, 5.74) is 1.97. The molecule has 0 unspecified atom stereocenters. The van der Waals surface area contributed by atoms with Crippen LogP contribution in [0.5, 0.6) is 0 Å². The molecule has 0 radical (unpaired) electrons. The van der Waals surface area contributed by atoms with Crippen LogP contribution in [0.3, 0.4) is 0 Å². The van der Waals surface area contributed by atoms with Crippen molar-refractivity contribution in [1.29, 1.82) is 0 Å². The van der Waals surface area contributed by atoms with Crippen molar-refractivity contribution in [2.24, 2.45) is 0 Å². The lowest BCUT2D eigenvalue weighted by molar-refractivity contribution is 0.291. The predicted octanol–water partition coefficient (Wildman–Crippen LogP) is 4.57. The van der Waals surface area contributed by atoms with Crippen molar-refractivity contribution in [3.8, 4) is 0 Å². The van der Waals surface area contributed by atoms with E-state index in [1.807, 2.05) is 7.11 Å². The first-order valence-corrected chi connectivity index (χ1v) is 12.0. The molecule has 0 saturated heterocycles. The van der Waals surface area contributed by atoms with Crippen LogP contribution in [0.1, 0.15) is 41.5 Å². The molecule has 0 N–H and O–H groups in total. The molecule has 0 amide bonds. The topological polar surface area (TPSA) is 18.5 Å². The molecule has 2 nitrogen and oxygen atoms in total. The molecule has 0 aliphatic carbocycles. The quantitative estimate of drug-likeness (QED) is 0.634. The molecule has 0 fully saturated rings. The van der Waals surface area contributed by atoms with E-state index in [0.717, 1.165) is 6.23 Å². The van der Waals surface area contributed by atoms with Gasteiger partial charge in [-0.2, -0.15) is 0 Å². The Kier molecular flexibility index (Phi) is 6.64. The molecule has 104 valence electrons. The molecule has 0 aromatic rings. The van der Waals surface area contributed by atoms with Gasteiger partial charge in [-0.05, 0) is 29.7 Å². The Morgan fingerprint density at radius 1 is 0.824 bits per heavy atom. The summed E-state index contributed by atoms with van der Waals surface area (Å²) >= 11 is 0. The molecule has 0 aromatic carbocycles. The summed E-state index contributed by atoms with van der Waals surface area (Å²) in [5.74, 6) is 0. The maximum atomic E-state index is 6.55. The van der Waals surface area contributed by atoms with E-state index in [9.17, 15) is 0 Å². The average Bonchev–Trinajstić information content (AvgIpc) is 2.16. The summed E-state index contributed by atoms with van der Waals surface area (Å²) < 4.78 is 12.2. The van der Waals surface area contributed by atoms with E-state index in [-0.39, 0.29) is 0 Å². The monoisotopic (exact) mass is 276 g/mol. The van der Waals surface area contributed by atoms with Gasteiger partial charge in [0.05, 0.1) is 6.23 Å². The molecular weight excluding hydrogens is 244 g/mol. The maximum absolute atomic E-state index is 6.55. The van der Waals surface area contributed by atoms with Crippen molar-refractivity contribution < 1.29 is 8.85 Å². The van der Waals surface area contributed by atoms with Crippen LogP contribution in [-0.4, -0.2) is 30.0 Å². The molecule has 0 saturated carbocycles. The van der Waals surface area contributed by atoms with E-state index in [1.165, 1.54) is 0 Å². The molecule has 0 aliphatic heterocycles. The van der Waals surface area contributed by atoms with Crippen molar-refractivity contribution in [1.82, 2.24) is 0 Å². The largest absolute Gasteiger partial charge is 0.418 e. The molecule has 17 heavy (non-hydrogen) atoms. The van der Waals surface area contributed by atoms with Crippen molar-refractivity contribution in [3.05, 3.63) is 0 Å². The Balaban J connectivity index is 4.95. The second kappa shape index (κ2) is 6.50. The van der Waals surface area contributed by atoms with E-state index in [1.54, 1.807) is 0 Å². The van der Waals surface area contributed by atoms with E-state index < -0.39 is 16.6 Å². The fourth-order valence-corrected chi connectivity index (χ4v) is 10.4. The zero-order valence-corrected chi connectivity index (χ0v) is 15.3. The maximum Gasteiger partial charge on any atom is 0.210 e. The summed E-state index contributed by atoms with van der Waals surface area (Å²) in [5, 5.41) is 0. The first-order valence-electron chi connectivity index (χ1n) is 6.79. The normalized spacial score (nSPS) is 14.1. The van der Waals surface area contributed by atoms with Gasteiger partial charge >= 0.3 is 0 Å². The molecular formula is C13H32O2Si2. The van der Waals surface area contributed by atoms with Gasteiger partial charge in [-0.1, -0.05) is 41.5 Å². The van der Waals surface area contributed by atoms with E-state index >= 15 is 0 Å². The third-order valence-electron chi connectivity index (χ3n) is 3.93. The van der Waals surface area contributed by atoms with Gasteiger partial charge in [0.1, 0.15) is 0 Å². The van der Waals surface area contributed by atoms with Gasteiger partial charge in [0.25, 0.3) is 0 Å². The van der Waals surface area contributed by atoms with E-state index in [0.29, 0.717) is 16.6 Å². The third-order valence-corrected chi connectivity index (χ3v) is 12.2. The molecule has 0 spiro atoms. The van der Waals surface area contributed by atoms with Gasteiger partial charge in [-0.25, -0.2) is 0 Å². The van der Waals surface area contributed by atoms with Gasteiger partial charge in [0.15, 0.2) is 8.32 Å². The molecule has 0 rings (SSSR count). The van der Waals surface area contributed by atoms with Crippen LogP contribution in [0.2, 0.25) is 29.7 Å².